The molecule has 0 aliphatic carbocycles. The third-order valence-corrected chi connectivity index (χ3v) is 5.21. The maximum absolute atomic E-state index is 13.1. The molecule has 1 rings (SSSR count). The zero-order valence-corrected chi connectivity index (χ0v) is 11.5. The highest BCUT2D eigenvalue weighted by molar-refractivity contribution is 7.89. The zero-order valence-electron chi connectivity index (χ0n) is 9.94. The molecule has 1 atom stereocenters. The van der Waals surface area contributed by atoms with Gasteiger partial charge in [-0.25, -0.2) is 12.8 Å². The first-order valence-corrected chi connectivity index (χ1v) is 7.08. The minimum absolute atomic E-state index is 0.0167. The monoisotopic (exact) mass is 279 g/mol. The average molecular weight is 280 g/mol. The van der Waals surface area contributed by atoms with Crippen LogP contribution in [0.5, 0.6) is 0 Å². The largest absolute Gasteiger partial charge is 0.243 e. The van der Waals surface area contributed by atoms with Crippen molar-refractivity contribution in [1.29, 1.82) is 0 Å². The van der Waals surface area contributed by atoms with Gasteiger partial charge in [0.2, 0.25) is 10.0 Å². The van der Waals surface area contributed by atoms with Gasteiger partial charge in [0, 0.05) is 19.0 Å². The van der Waals surface area contributed by atoms with Gasteiger partial charge in [-0.1, -0.05) is 6.07 Å². The van der Waals surface area contributed by atoms with Gasteiger partial charge < -0.3 is 0 Å². The third kappa shape index (κ3) is 2.97. The molecule has 0 radical (unpaired) electrons. The summed E-state index contributed by atoms with van der Waals surface area (Å²) in [5, 5.41) is 0. The molecule has 0 aliphatic rings. The lowest BCUT2D eigenvalue weighted by Gasteiger charge is -2.23. The van der Waals surface area contributed by atoms with Crippen molar-refractivity contribution in [2.24, 2.45) is 0 Å². The van der Waals surface area contributed by atoms with Crippen LogP contribution < -0.4 is 0 Å². The molecule has 0 aromatic heterocycles. The number of alkyl halides is 1. The predicted molar refractivity (Wildman–Crippen MR) is 66.3 cm³/mol. The number of nitrogens with zero attached hydrogens (tertiary/aromatic N) is 1. The normalized spacial score (nSPS) is 14.0. The molecule has 0 saturated heterocycles. The van der Waals surface area contributed by atoms with Crippen LogP contribution in [-0.4, -0.2) is 31.7 Å². The Morgan fingerprint density at radius 1 is 1.47 bits per heavy atom. The molecule has 0 aliphatic heterocycles. The van der Waals surface area contributed by atoms with Gasteiger partial charge in [0.1, 0.15) is 5.82 Å². The van der Waals surface area contributed by atoms with E-state index < -0.39 is 15.8 Å². The van der Waals surface area contributed by atoms with Gasteiger partial charge in [-0.15, -0.1) is 11.6 Å². The van der Waals surface area contributed by atoms with Gasteiger partial charge in [0.15, 0.2) is 0 Å². The van der Waals surface area contributed by atoms with E-state index in [9.17, 15) is 12.8 Å². The summed E-state index contributed by atoms with van der Waals surface area (Å²) in [6.45, 7) is 3.32. The summed E-state index contributed by atoms with van der Waals surface area (Å²) in [6, 6.07) is 3.37. The maximum atomic E-state index is 13.1. The lowest BCUT2D eigenvalue weighted by Crippen LogP contribution is -2.36. The Balaban J connectivity index is 3.26. The van der Waals surface area contributed by atoms with Gasteiger partial charge in [-0.3, -0.25) is 0 Å². The molecule has 0 spiro atoms. The summed E-state index contributed by atoms with van der Waals surface area (Å²) >= 11 is 5.63. The van der Waals surface area contributed by atoms with Crippen LogP contribution in [0.25, 0.3) is 0 Å². The summed E-state index contributed by atoms with van der Waals surface area (Å²) in [4.78, 5) is -0.0167. The van der Waals surface area contributed by atoms with Crippen molar-refractivity contribution < 1.29 is 12.8 Å². The Morgan fingerprint density at radius 2 is 2.06 bits per heavy atom. The van der Waals surface area contributed by atoms with Gasteiger partial charge in [0.05, 0.1) is 4.90 Å². The minimum Gasteiger partial charge on any atom is -0.207 e. The van der Waals surface area contributed by atoms with Crippen molar-refractivity contribution in [2.45, 2.75) is 24.8 Å². The lowest BCUT2D eigenvalue weighted by atomic mass is 10.2. The molecular formula is C11H15ClFNO2S. The average Bonchev–Trinajstić information content (AvgIpc) is 2.30. The molecule has 96 valence electrons. The molecule has 0 heterocycles. The topological polar surface area (TPSA) is 37.4 Å². The van der Waals surface area contributed by atoms with Crippen LogP contribution in [0.15, 0.2) is 23.1 Å². The number of halogens is 2. The summed E-state index contributed by atoms with van der Waals surface area (Å²) in [5.74, 6) is -0.384. The van der Waals surface area contributed by atoms with Crippen molar-refractivity contribution in [3.05, 3.63) is 29.6 Å². The summed E-state index contributed by atoms with van der Waals surface area (Å²) < 4.78 is 38.7. The number of benzene rings is 1. The van der Waals surface area contributed by atoms with E-state index in [2.05, 4.69) is 0 Å². The molecule has 1 aromatic rings. The number of rotatable bonds is 4. The van der Waals surface area contributed by atoms with E-state index in [-0.39, 0.29) is 16.8 Å². The third-order valence-electron chi connectivity index (χ3n) is 2.65. The molecule has 17 heavy (non-hydrogen) atoms. The second-order valence-corrected chi connectivity index (χ2v) is 6.21. The Kier molecular flexibility index (Phi) is 4.52. The predicted octanol–water partition coefficient (Wildman–Crippen LogP) is 2.38. The molecule has 0 amide bonds. The zero-order chi connectivity index (χ0) is 13.2. The molecule has 0 saturated carbocycles. The SMILES string of the molecule is Cc1ccc(F)cc1S(=O)(=O)N(C)C(C)CCl. The minimum atomic E-state index is -3.69. The molecule has 0 fully saturated rings. The Morgan fingerprint density at radius 3 is 2.59 bits per heavy atom. The van der Waals surface area contributed by atoms with Gasteiger partial charge in [-0.05, 0) is 31.5 Å². The molecular weight excluding hydrogens is 265 g/mol. The fourth-order valence-corrected chi connectivity index (χ4v) is 3.22. The molecule has 1 unspecified atom stereocenters. The van der Waals surface area contributed by atoms with Gasteiger partial charge in [0.25, 0.3) is 0 Å². The highest BCUT2D eigenvalue weighted by atomic mass is 35.5. The molecule has 1 aromatic carbocycles. The van der Waals surface area contributed by atoms with Gasteiger partial charge >= 0.3 is 0 Å². The van der Waals surface area contributed by atoms with Crippen LogP contribution in [0.4, 0.5) is 4.39 Å². The Labute approximate surface area is 106 Å². The fourth-order valence-electron chi connectivity index (χ4n) is 1.34. The van der Waals surface area contributed by atoms with Crippen molar-refractivity contribution in [2.75, 3.05) is 12.9 Å². The van der Waals surface area contributed by atoms with Gasteiger partial charge in [-0.2, -0.15) is 4.31 Å². The lowest BCUT2D eigenvalue weighted by molar-refractivity contribution is 0.413. The number of hydrogen-bond donors (Lipinski definition) is 0. The highest BCUT2D eigenvalue weighted by Gasteiger charge is 2.26. The quantitative estimate of drug-likeness (QED) is 0.794. The summed E-state index contributed by atoms with van der Waals surface area (Å²) in [5.41, 5.74) is 0.514. The van der Waals surface area contributed by atoms with Crippen molar-refractivity contribution in [3.63, 3.8) is 0 Å². The summed E-state index contributed by atoms with van der Waals surface area (Å²) in [6.07, 6.45) is 0. The van der Waals surface area contributed by atoms with Crippen LogP contribution in [0.3, 0.4) is 0 Å². The fraction of sp³-hybridized carbons (Fsp3) is 0.455. The molecule has 6 heteroatoms. The number of sulfonamides is 1. The molecule has 3 nitrogen and oxygen atoms in total. The second-order valence-electron chi connectivity index (χ2n) is 3.93. The number of aryl methyl sites for hydroxylation is 1. The standard InChI is InChI=1S/C11H15ClFNO2S/c1-8-4-5-10(13)6-11(8)17(15,16)14(3)9(2)7-12/h4-6,9H,7H2,1-3H3. The van der Waals surface area contributed by atoms with E-state index in [1.807, 2.05) is 0 Å². The van der Waals surface area contributed by atoms with Crippen LogP contribution in [0.1, 0.15) is 12.5 Å². The van der Waals surface area contributed by atoms with Crippen LogP contribution in [0.2, 0.25) is 0 Å². The van der Waals surface area contributed by atoms with Crippen LogP contribution >= 0.6 is 11.6 Å². The second kappa shape index (κ2) is 5.33. The summed E-state index contributed by atoms with van der Waals surface area (Å²) in [7, 11) is -2.26. The van der Waals surface area contributed by atoms with E-state index >= 15 is 0 Å². The van der Waals surface area contributed by atoms with E-state index in [1.165, 1.54) is 19.2 Å². The maximum Gasteiger partial charge on any atom is 0.243 e. The highest BCUT2D eigenvalue weighted by Crippen LogP contribution is 2.21. The van der Waals surface area contributed by atoms with E-state index in [0.29, 0.717) is 5.56 Å². The molecule has 0 bridgehead atoms. The van der Waals surface area contributed by atoms with Crippen molar-refractivity contribution in [3.8, 4) is 0 Å². The van der Waals surface area contributed by atoms with E-state index in [0.717, 1.165) is 10.4 Å². The van der Waals surface area contributed by atoms with Crippen LogP contribution in [-0.2, 0) is 10.0 Å². The first-order chi connectivity index (χ1) is 7.80. The Bertz CT molecular complexity index is 504. The molecule has 0 N–H and O–H groups in total. The van der Waals surface area contributed by atoms with Crippen LogP contribution in [0, 0.1) is 12.7 Å². The van der Waals surface area contributed by atoms with E-state index in [1.54, 1.807) is 13.8 Å². The van der Waals surface area contributed by atoms with Crippen molar-refractivity contribution in [1.82, 2.24) is 4.31 Å². The number of hydrogen-bond acceptors (Lipinski definition) is 2. The van der Waals surface area contributed by atoms with E-state index in [4.69, 9.17) is 11.6 Å². The Hall–Kier alpha value is -0.650. The first kappa shape index (κ1) is 14.4. The first-order valence-electron chi connectivity index (χ1n) is 5.11. The smallest absolute Gasteiger partial charge is 0.207 e. The van der Waals surface area contributed by atoms with Crippen molar-refractivity contribution >= 4 is 21.6 Å².